The lowest BCUT2D eigenvalue weighted by Crippen LogP contribution is -1.99. The van der Waals surface area contributed by atoms with Crippen LogP contribution in [0.4, 0.5) is 0 Å². The molecular formula is C28H45N3O. The Morgan fingerprint density at radius 1 is 0.719 bits per heavy atom. The monoisotopic (exact) mass is 439 g/mol. The highest BCUT2D eigenvalue weighted by Crippen LogP contribution is 2.17. The van der Waals surface area contributed by atoms with Gasteiger partial charge in [0.25, 0.3) is 0 Å². The molecule has 0 saturated heterocycles. The fraction of sp³-hybridized carbons (Fsp3) is 0.679. The van der Waals surface area contributed by atoms with Crippen LogP contribution < -0.4 is 4.74 Å². The van der Waals surface area contributed by atoms with Gasteiger partial charge in [-0.3, -0.25) is 4.98 Å². The molecule has 0 unspecified atom stereocenters. The Bertz CT molecular complexity index is 698. The molecule has 0 aliphatic carbocycles. The zero-order valence-corrected chi connectivity index (χ0v) is 20.8. The molecule has 0 radical (unpaired) electrons. The molecular weight excluding hydrogens is 394 g/mol. The van der Waals surface area contributed by atoms with Gasteiger partial charge in [-0.15, -0.1) is 0 Å². The van der Waals surface area contributed by atoms with Crippen molar-refractivity contribution < 1.29 is 4.74 Å². The van der Waals surface area contributed by atoms with E-state index in [9.17, 15) is 0 Å². The average molecular weight is 440 g/mol. The Morgan fingerprint density at radius 2 is 1.38 bits per heavy atom. The lowest BCUT2D eigenvalue weighted by atomic mass is 10.0. The molecule has 32 heavy (non-hydrogen) atoms. The molecule has 0 saturated carbocycles. The summed E-state index contributed by atoms with van der Waals surface area (Å²) in [5.74, 6) is 2.23. The summed E-state index contributed by atoms with van der Waals surface area (Å²) in [6, 6.07) is 4.19. The first-order valence-electron chi connectivity index (χ1n) is 13.1. The Balaban J connectivity index is 1.60. The zero-order chi connectivity index (χ0) is 22.9. The van der Waals surface area contributed by atoms with Gasteiger partial charge >= 0.3 is 0 Å². The number of aromatic nitrogens is 3. The molecule has 0 aliphatic heterocycles. The molecule has 4 heteroatoms. The number of hydrogen-bond acceptors (Lipinski definition) is 4. The number of rotatable bonds is 18. The second-order valence-corrected chi connectivity index (χ2v) is 9.46. The quantitative estimate of drug-likeness (QED) is 0.220. The molecule has 178 valence electrons. The first-order chi connectivity index (χ1) is 15.7. The molecule has 2 aromatic rings. The summed E-state index contributed by atoms with van der Waals surface area (Å²) >= 11 is 0. The number of aryl methyl sites for hydroxylation is 1. The first-order valence-corrected chi connectivity index (χ1v) is 13.1. The molecule has 0 amide bonds. The molecule has 0 atom stereocenters. The van der Waals surface area contributed by atoms with E-state index in [-0.39, 0.29) is 0 Å². The summed E-state index contributed by atoms with van der Waals surface area (Å²) in [6.07, 6.45) is 23.6. The minimum atomic E-state index is 0.657. The Morgan fingerprint density at radius 3 is 2.03 bits per heavy atom. The van der Waals surface area contributed by atoms with E-state index in [1.807, 2.05) is 12.3 Å². The Kier molecular flexibility index (Phi) is 13.7. The van der Waals surface area contributed by atoms with Crippen LogP contribution in [0, 0.1) is 5.92 Å². The van der Waals surface area contributed by atoms with Crippen LogP contribution >= 0.6 is 0 Å². The van der Waals surface area contributed by atoms with Gasteiger partial charge in [0.2, 0.25) is 0 Å². The molecule has 2 aromatic heterocycles. The largest absolute Gasteiger partial charge is 0.490 e. The van der Waals surface area contributed by atoms with Crippen molar-refractivity contribution in [1.82, 2.24) is 15.0 Å². The van der Waals surface area contributed by atoms with Crippen LogP contribution in [0.25, 0.3) is 11.5 Å². The van der Waals surface area contributed by atoms with E-state index >= 15 is 0 Å². The highest BCUT2D eigenvalue weighted by atomic mass is 16.5. The van der Waals surface area contributed by atoms with E-state index in [2.05, 4.69) is 41.8 Å². The lowest BCUT2D eigenvalue weighted by Gasteiger charge is -2.07. The van der Waals surface area contributed by atoms with Gasteiger partial charge in [-0.2, -0.15) is 0 Å². The molecule has 0 fully saturated rings. The maximum Gasteiger partial charge on any atom is 0.178 e. The van der Waals surface area contributed by atoms with E-state index < -0.39 is 0 Å². The third-order valence-corrected chi connectivity index (χ3v) is 5.95. The number of hydrogen-bond donors (Lipinski definition) is 0. The van der Waals surface area contributed by atoms with E-state index in [1.54, 1.807) is 12.4 Å². The van der Waals surface area contributed by atoms with E-state index in [0.717, 1.165) is 36.8 Å². The molecule has 2 heterocycles. The smallest absolute Gasteiger partial charge is 0.178 e. The number of nitrogens with zero attached hydrogens (tertiary/aromatic N) is 3. The normalized spacial score (nSPS) is 11.2. The molecule has 0 aromatic carbocycles. The fourth-order valence-electron chi connectivity index (χ4n) is 3.89. The second kappa shape index (κ2) is 16.6. The van der Waals surface area contributed by atoms with Crippen LogP contribution in [0.3, 0.4) is 0 Å². The standard InChI is InChI=1S/C28H45N3O/c1-4-5-6-7-11-14-17-25-18-19-27(29-21-25)28-30-22-26(23-31-28)32-20-15-12-9-8-10-13-16-24(2)3/h18-19,21-24H,4-17,20H2,1-3H3. The van der Waals surface area contributed by atoms with Crippen LogP contribution in [0.5, 0.6) is 5.75 Å². The third-order valence-electron chi connectivity index (χ3n) is 5.95. The summed E-state index contributed by atoms with van der Waals surface area (Å²) in [7, 11) is 0. The van der Waals surface area contributed by atoms with Crippen LogP contribution in [0.15, 0.2) is 30.7 Å². The van der Waals surface area contributed by atoms with Crippen LogP contribution in [-0.2, 0) is 6.42 Å². The maximum atomic E-state index is 5.81. The third kappa shape index (κ3) is 11.6. The van der Waals surface area contributed by atoms with Gasteiger partial charge in [0, 0.05) is 6.20 Å². The predicted molar refractivity (Wildman–Crippen MR) is 135 cm³/mol. The second-order valence-electron chi connectivity index (χ2n) is 9.46. The average Bonchev–Trinajstić information content (AvgIpc) is 2.81. The van der Waals surface area contributed by atoms with Crippen LogP contribution in [0.2, 0.25) is 0 Å². The van der Waals surface area contributed by atoms with Crippen molar-refractivity contribution in [1.29, 1.82) is 0 Å². The Hall–Kier alpha value is -1.97. The van der Waals surface area contributed by atoms with E-state index in [1.165, 1.54) is 82.6 Å². The lowest BCUT2D eigenvalue weighted by molar-refractivity contribution is 0.302. The summed E-state index contributed by atoms with van der Waals surface area (Å²) in [4.78, 5) is 13.5. The van der Waals surface area contributed by atoms with Gasteiger partial charge in [-0.05, 0) is 36.8 Å². The number of unbranched alkanes of at least 4 members (excludes halogenated alkanes) is 10. The molecule has 2 rings (SSSR count). The minimum absolute atomic E-state index is 0.657. The van der Waals surface area contributed by atoms with Crippen LogP contribution in [-0.4, -0.2) is 21.6 Å². The van der Waals surface area contributed by atoms with E-state index in [4.69, 9.17) is 4.74 Å². The van der Waals surface area contributed by atoms with Crippen LogP contribution in [0.1, 0.15) is 110 Å². The van der Waals surface area contributed by atoms with Crippen molar-refractivity contribution in [3.63, 3.8) is 0 Å². The molecule has 0 spiro atoms. The number of pyridine rings is 1. The predicted octanol–water partition coefficient (Wildman–Crippen LogP) is 8.21. The van der Waals surface area contributed by atoms with Gasteiger partial charge in [-0.25, -0.2) is 9.97 Å². The highest BCUT2D eigenvalue weighted by molar-refractivity contribution is 5.49. The summed E-state index contributed by atoms with van der Waals surface area (Å²) in [5.41, 5.74) is 2.12. The SMILES string of the molecule is CCCCCCCCc1ccc(-c2ncc(OCCCCCCCCC(C)C)cn2)nc1. The first kappa shape index (κ1) is 26.3. The van der Waals surface area contributed by atoms with Crippen molar-refractivity contribution in [2.24, 2.45) is 5.92 Å². The van der Waals surface area contributed by atoms with Crippen molar-refractivity contribution in [2.75, 3.05) is 6.61 Å². The molecule has 4 nitrogen and oxygen atoms in total. The Labute approximate surface area is 196 Å². The summed E-state index contributed by atoms with van der Waals surface area (Å²) in [6.45, 7) is 7.60. The number of ether oxygens (including phenoxy) is 1. The zero-order valence-electron chi connectivity index (χ0n) is 20.8. The summed E-state index contributed by atoms with van der Waals surface area (Å²) in [5, 5.41) is 0. The van der Waals surface area contributed by atoms with E-state index in [0.29, 0.717) is 5.82 Å². The molecule has 0 N–H and O–H groups in total. The van der Waals surface area contributed by atoms with Crippen molar-refractivity contribution >= 4 is 0 Å². The van der Waals surface area contributed by atoms with Gasteiger partial charge in [0.1, 0.15) is 5.69 Å². The molecule has 0 bridgehead atoms. The van der Waals surface area contributed by atoms with Gasteiger partial charge in [-0.1, -0.05) is 97.5 Å². The maximum absolute atomic E-state index is 5.81. The van der Waals surface area contributed by atoms with Gasteiger partial charge in [0.05, 0.1) is 19.0 Å². The minimum Gasteiger partial charge on any atom is -0.490 e. The topological polar surface area (TPSA) is 47.9 Å². The van der Waals surface area contributed by atoms with Gasteiger partial charge < -0.3 is 4.74 Å². The fourth-order valence-corrected chi connectivity index (χ4v) is 3.89. The van der Waals surface area contributed by atoms with Gasteiger partial charge in [0.15, 0.2) is 11.6 Å². The van der Waals surface area contributed by atoms with Crippen molar-refractivity contribution in [2.45, 2.75) is 111 Å². The van der Waals surface area contributed by atoms with Crippen molar-refractivity contribution in [3.05, 3.63) is 36.3 Å². The highest BCUT2D eigenvalue weighted by Gasteiger charge is 2.04. The molecule has 0 aliphatic rings. The van der Waals surface area contributed by atoms with Crippen molar-refractivity contribution in [3.8, 4) is 17.3 Å². The summed E-state index contributed by atoms with van der Waals surface area (Å²) < 4.78 is 5.81.